The fraction of sp³-hybridized carbons (Fsp3) is 0.800. The lowest BCUT2D eigenvalue weighted by Gasteiger charge is -2.25. The van der Waals surface area contributed by atoms with Crippen molar-refractivity contribution >= 4 is 29.9 Å². The van der Waals surface area contributed by atoms with Crippen LogP contribution in [0.3, 0.4) is 0 Å². The van der Waals surface area contributed by atoms with Crippen LogP contribution in [0.5, 0.6) is 0 Å². The Labute approximate surface area is 165 Å². The molecule has 0 saturated heterocycles. The molecule has 1 aromatic heterocycles. The third-order valence-corrected chi connectivity index (χ3v) is 3.71. The van der Waals surface area contributed by atoms with E-state index in [0.29, 0.717) is 33.0 Å². The lowest BCUT2D eigenvalue weighted by Crippen LogP contribution is -2.47. The minimum absolute atomic E-state index is 0. The topological polar surface area (TPSA) is 94.8 Å². The molecule has 1 atom stereocenters. The first-order valence-electron chi connectivity index (χ1n) is 8.22. The molecule has 2 heterocycles. The monoisotopic (exact) mass is 468 g/mol. The molecular formula is C15H29IN6O3. The summed E-state index contributed by atoms with van der Waals surface area (Å²) < 4.78 is 17.4. The van der Waals surface area contributed by atoms with Crippen molar-refractivity contribution < 1.29 is 14.2 Å². The number of hydrogen-bond donors (Lipinski definition) is 2. The fourth-order valence-corrected chi connectivity index (χ4v) is 2.54. The standard InChI is InChI=1S/C15H28N6O3.HI/c1-16-15(17-6-7-24-9-8-22-2)18-12-4-5-14-19-13(11-23-3)20-21(14)10-12;/h12H,4-11H2,1-3H3,(H2,16,17,18);1H. The van der Waals surface area contributed by atoms with Gasteiger partial charge < -0.3 is 24.8 Å². The Morgan fingerprint density at radius 1 is 1.28 bits per heavy atom. The van der Waals surface area contributed by atoms with E-state index in [0.717, 1.165) is 37.0 Å². The van der Waals surface area contributed by atoms with E-state index in [-0.39, 0.29) is 30.0 Å². The van der Waals surface area contributed by atoms with Crippen LogP contribution in [0, 0.1) is 0 Å². The van der Waals surface area contributed by atoms with Crippen LogP contribution in [-0.4, -0.2) is 74.4 Å². The zero-order valence-electron chi connectivity index (χ0n) is 15.2. The van der Waals surface area contributed by atoms with E-state index in [4.69, 9.17) is 14.2 Å². The largest absolute Gasteiger partial charge is 0.382 e. The molecule has 10 heteroatoms. The Hall–Kier alpha value is -0.980. The molecule has 2 N–H and O–H groups in total. The first kappa shape index (κ1) is 22.1. The van der Waals surface area contributed by atoms with E-state index in [1.807, 2.05) is 4.68 Å². The van der Waals surface area contributed by atoms with Gasteiger partial charge in [0, 0.05) is 40.3 Å². The molecule has 1 aromatic rings. The molecule has 0 spiro atoms. The second kappa shape index (κ2) is 12.4. The predicted molar refractivity (Wildman–Crippen MR) is 105 cm³/mol. The van der Waals surface area contributed by atoms with Crippen molar-refractivity contribution in [3.05, 3.63) is 11.6 Å². The number of guanidine groups is 1. The quantitative estimate of drug-likeness (QED) is 0.231. The number of aromatic nitrogens is 3. The van der Waals surface area contributed by atoms with Gasteiger partial charge in [-0.05, 0) is 6.42 Å². The lowest BCUT2D eigenvalue weighted by atomic mass is 10.1. The van der Waals surface area contributed by atoms with Crippen LogP contribution in [0.2, 0.25) is 0 Å². The number of ether oxygens (including phenoxy) is 3. The Kier molecular flexibility index (Phi) is 10.9. The molecule has 1 aliphatic rings. The van der Waals surface area contributed by atoms with E-state index >= 15 is 0 Å². The van der Waals surface area contributed by atoms with Crippen LogP contribution < -0.4 is 10.6 Å². The number of nitrogens with zero attached hydrogens (tertiary/aromatic N) is 4. The van der Waals surface area contributed by atoms with Gasteiger partial charge in [0.2, 0.25) is 0 Å². The van der Waals surface area contributed by atoms with Crippen LogP contribution in [0.1, 0.15) is 18.1 Å². The minimum Gasteiger partial charge on any atom is -0.382 e. The van der Waals surface area contributed by atoms with Gasteiger partial charge in [-0.25, -0.2) is 9.67 Å². The van der Waals surface area contributed by atoms with Gasteiger partial charge in [-0.3, -0.25) is 4.99 Å². The van der Waals surface area contributed by atoms with Crippen molar-refractivity contribution in [2.45, 2.75) is 32.0 Å². The highest BCUT2D eigenvalue weighted by molar-refractivity contribution is 14.0. The van der Waals surface area contributed by atoms with E-state index in [2.05, 4.69) is 25.7 Å². The Morgan fingerprint density at radius 3 is 2.84 bits per heavy atom. The van der Waals surface area contributed by atoms with Crippen molar-refractivity contribution in [3.8, 4) is 0 Å². The van der Waals surface area contributed by atoms with E-state index in [1.165, 1.54) is 0 Å². The summed E-state index contributed by atoms with van der Waals surface area (Å²) in [6, 6.07) is 0.273. The Bertz CT molecular complexity index is 525. The molecule has 0 bridgehead atoms. The second-order valence-electron chi connectivity index (χ2n) is 5.54. The summed E-state index contributed by atoms with van der Waals surface area (Å²) in [5.74, 6) is 2.54. The maximum absolute atomic E-state index is 5.43. The van der Waals surface area contributed by atoms with E-state index in [1.54, 1.807) is 21.3 Å². The van der Waals surface area contributed by atoms with Gasteiger partial charge in [-0.2, -0.15) is 5.10 Å². The minimum atomic E-state index is 0. The third kappa shape index (κ3) is 7.42. The average molecular weight is 468 g/mol. The highest BCUT2D eigenvalue weighted by atomic mass is 127. The summed E-state index contributed by atoms with van der Waals surface area (Å²) >= 11 is 0. The van der Waals surface area contributed by atoms with Crippen LogP contribution in [0.4, 0.5) is 0 Å². The van der Waals surface area contributed by atoms with Crippen molar-refractivity contribution in [2.75, 3.05) is 47.6 Å². The molecule has 144 valence electrons. The summed E-state index contributed by atoms with van der Waals surface area (Å²) in [6.07, 6.45) is 1.89. The molecule has 25 heavy (non-hydrogen) atoms. The molecule has 0 aliphatic carbocycles. The third-order valence-electron chi connectivity index (χ3n) is 3.71. The number of halogens is 1. The summed E-state index contributed by atoms with van der Waals surface area (Å²) in [6.45, 7) is 3.75. The average Bonchev–Trinajstić information content (AvgIpc) is 2.98. The molecule has 0 aromatic carbocycles. The zero-order valence-corrected chi connectivity index (χ0v) is 17.5. The molecule has 2 rings (SSSR count). The summed E-state index contributed by atoms with van der Waals surface area (Å²) in [7, 11) is 5.08. The maximum Gasteiger partial charge on any atom is 0.191 e. The summed E-state index contributed by atoms with van der Waals surface area (Å²) in [5, 5.41) is 11.2. The molecule has 0 radical (unpaired) electrons. The van der Waals surface area contributed by atoms with Crippen molar-refractivity contribution in [1.29, 1.82) is 0 Å². The van der Waals surface area contributed by atoms with Crippen molar-refractivity contribution in [3.63, 3.8) is 0 Å². The predicted octanol–water partition coefficient (Wildman–Crippen LogP) is 0.185. The number of aliphatic imine (C=N–C) groups is 1. The Morgan fingerprint density at radius 2 is 2.12 bits per heavy atom. The molecule has 0 fully saturated rings. The number of aryl methyl sites for hydroxylation is 1. The zero-order chi connectivity index (χ0) is 17.2. The van der Waals surface area contributed by atoms with E-state index < -0.39 is 0 Å². The highest BCUT2D eigenvalue weighted by Crippen LogP contribution is 2.13. The van der Waals surface area contributed by atoms with Crippen LogP contribution in [-0.2, 0) is 33.8 Å². The molecule has 1 unspecified atom stereocenters. The number of nitrogens with one attached hydrogen (secondary N) is 2. The van der Waals surface area contributed by atoms with Crippen molar-refractivity contribution in [1.82, 2.24) is 25.4 Å². The van der Waals surface area contributed by atoms with Gasteiger partial charge >= 0.3 is 0 Å². The van der Waals surface area contributed by atoms with Crippen LogP contribution in [0.15, 0.2) is 4.99 Å². The lowest BCUT2D eigenvalue weighted by molar-refractivity contribution is 0.0733. The van der Waals surface area contributed by atoms with Crippen LogP contribution >= 0.6 is 24.0 Å². The van der Waals surface area contributed by atoms with Gasteiger partial charge in [-0.15, -0.1) is 24.0 Å². The first-order chi connectivity index (χ1) is 11.8. The fourth-order valence-electron chi connectivity index (χ4n) is 2.54. The van der Waals surface area contributed by atoms with Crippen LogP contribution in [0.25, 0.3) is 0 Å². The number of hydrogen-bond acceptors (Lipinski definition) is 6. The molecule has 9 nitrogen and oxygen atoms in total. The van der Waals surface area contributed by atoms with Gasteiger partial charge in [0.25, 0.3) is 0 Å². The van der Waals surface area contributed by atoms with Crippen molar-refractivity contribution in [2.24, 2.45) is 4.99 Å². The molecule has 1 aliphatic heterocycles. The highest BCUT2D eigenvalue weighted by Gasteiger charge is 2.22. The van der Waals surface area contributed by atoms with E-state index in [9.17, 15) is 0 Å². The second-order valence-corrected chi connectivity index (χ2v) is 5.54. The number of rotatable bonds is 9. The molecule has 0 amide bonds. The summed E-state index contributed by atoms with van der Waals surface area (Å²) in [4.78, 5) is 8.74. The van der Waals surface area contributed by atoms with Gasteiger partial charge in [0.05, 0.1) is 26.4 Å². The number of methoxy groups -OCH3 is 2. The Balaban J connectivity index is 0.00000312. The number of fused-ring (bicyclic) bond motifs is 1. The van der Waals surface area contributed by atoms with Gasteiger partial charge in [-0.1, -0.05) is 0 Å². The maximum atomic E-state index is 5.43. The smallest absolute Gasteiger partial charge is 0.191 e. The SMILES string of the molecule is CN=C(NCCOCCOC)NC1CCc2nc(COC)nn2C1.I. The summed E-state index contributed by atoms with van der Waals surface area (Å²) in [5.41, 5.74) is 0. The molecule has 0 saturated carbocycles. The van der Waals surface area contributed by atoms with Gasteiger partial charge in [0.15, 0.2) is 11.8 Å². The first-order valence-corrected chi connectivity index (χ1v) is 8.22. The normalized spacial score (nSPS) is 16.9. The van der Waals surface area contributed by atoms with Gasteiger partial charge in [0.1, 0.15) is 12.4 Å². The molecular weight excluding hydrogens is 439 g/mol.